The van der Waals surface area contributed by atoms with E-state index < -0.39 is 4.92 Å². The SMILES string of the molecule is CCOC(=O)CSc1ncc(-c2cccc([N+](=O)[O-])c2)n1-c1ccc(Cl)cc1. The normalized spacial score (nSPS) is 10.6. The van der Waals surface area contributed by atoms with E-state index in [0.29, 0.717) is 28.0 Å². The summed E-state index contributed by atoms with van der Waals surface area (Å²) in [5.41, 5.74) is 2.06. The molecule has 3 aromatic rings. The molecule has 28 heavy (non-hydrogen) atoms. The molecular weight excluding hydrogens is 402 g/mol. The molecule has 0 radical (unpaired) electrons. The molecule has 0 fully saturated rings. The van der Waals surface area contributed by atoms with Crippen LogP contribution in [0.25, 0.3) is 16.9 Å². The summed E-state index contributed by atoms with van der Waals surface area (Å²) < 4.78 is 6.80. The minimum Gasteiger partial charge on any atom is -0.465 e. The summed E-state index contributed by atoms with van der Waals surface area (Å²) in [6.45, 7) is 2.06. The molecular formula is C19H16ClN3O4S. The standard InChI is InChI=1S/C19H16ClN3O4S/c1-2-27-18(24)12-28-19-21-11-17(13-4-3-5-16(10-13)23(25)26)22(19)15-8-6-14(20)7-9-15/h3-11H,2,12H2,1H3. The van der Waals surface area contributed by atoms with Crippen molar-refractivity contribution in [3.8, 4) is 16.9 Å². The predicted molar refractivity (Wildman–Crippen MR) is 108 cm³/mol. The van der Waals surface area contributed by atoms with E-state index in [2.05, 4.69) is 4.98 Å². The van der Waals surface area contributed by atoms with Crippen LogP contribution in [0.4, 0.5) is 5.69 Å². The van der Waals surface area contributed by atoms with Crippen LogP contribution in [-0.4, -0.2) is 32.8 Å². The van der Waals surface area contributed by atoms with Gasteiger partial charge < -0.3 is 4.74 Å². The van der Waals surface area contributed by atoms with E-state index in [4.69, 9.17) is 16.3 Å². The molecule has 7 nitrogen and oxygen atoms in total. The number of halogens is 1. The number of non-ortho nitro benzene ring substituents is 1. The Kier molecular flexibility index (Phi) is 6.33. The van der Waals surface area contributed by atoms with Gasteiger partial charge in [0.2, 0.25) is 0 Å². The van der Waals surface area contributed by atoms with Crippen LogP contribution in [-0.2, 0) is 9.53 Å². The molecule has 0 saturated heterocycles. The Morgan fingerprint density at radius 2 is 2.04 bits per heavy atom. The Bertz CT molecular complexity index is 1000. The van der Waals surface area contributed by atoms with Gasteiger partial charge in [-0.25, -0.2) is 4.98 Å². The van der Waals surface area contributed by atoms with Crippen molar-refractivity contribution in [2.45, 2.75) is 12.1 Å². The van der Waals surface area contributed by atoms with Crippen LogP contribution in [0, 0.1) is 10.1 Å². The fraction of sp³-hybridized carbons (Fsp3) is 0.158. The number of rotatable bonds is 7. The largest absolute Gasteiger partial charge is 0.465 e. The minimum atomic E-state index is -0.442. The van der Waals surface area contributed by atoms with Gasteiger partial charge in [0.15, 0.2) is 5.16 Å². The predicted octanol–water partition coefficient (Wildman–Crippen LogP) is 4.76. The molecule has 0 spiro atoms. The Labute approximate surface area is 170 Å². The number of imidazole rings is 1. The molecule has 3 rings (SSSR count). The number of nitrogens with zero attached hydrogens (tertiary/aromatic N) is 3. The molecule has 0 aliphatic heterocycles. The summed E-state index contributed by atoms with van der Waals surface area (Å²) >= 11 is 7.23. The van der Waals surface area contributed by atoms with Gasteiger partial charge in [0.1, 0.15) is 0 Å². The summed E-state index contributed by atoms with van der Waals surface area (Å²) in [6.07, 6.45) is 1.63. The number of nitro benzene ring substituents is 1. The van der Waals surface area contributed by atoms with Crippen molar-refractivity contribution in [1.82, 2.24) is 9.55 Å². The molecule has 144 valence electrons. The van der Waals surface area contributed by atoms with Crippen molar-refractivity contribution >= 4 is 35.0 Å². The first-order valence-corrected chi connectivity index (χ1v) is 9.73. The lowest BCUT2D eigenvalue weighted by Gasteiger charge is -2.12. The van der Waals surface area contributed by atoms with Gasteiger partial charge in [-0.15, -0.1) is 0 Å². The second-order valence-corrected chi connectivity index (χ2v) is 7.02. The van der Waals surface area contributed by atoms with Gasteiger partial charge >= 0.3 is 5.97 Å². The maximum atomic E-state index is 11.7. The van der Waals surface area contributed by atoms with Crippen LogP contribution in [0.5, 0.6) is 0 Å². The lowest BCUT2D eigenvalue weighted by molar-refractivity contribution is -0.384. The summed E-state index contributed by atoms with van der Waals surface area (Å²) in [6, 6.07) is 13.4. The zero-order valence-electron chi connectivity index (χ0n) is 14.9. The first kappa shape index (κ1) is 19.9. The highest BCUT2D eigenvalue weighted by molar-refractivity contribution is 7.99. The van der Waals surface area contributed by atoms with Crippen molar-refractivity contribution in [3.63, 3.8) is 0 Å². The number of hydrogen-bond acceptors (Lipinski definition) is 6. The van der Waals surface area contributed by atoms with Gasteiger partial charge in [-0.05, 0) is 31.2 Å². The minimum absolute atomic E-state index is 0.0120. The smallest absolute Gasteiger partial charge is 0.316 e. The molecule has 0 saturated carbocycles. The zero-order chi connectivity index (χ0) is 20.1. The van der Waals surface area contributed by atoms with Crippen LogP contribution < -0.4 is 0 Å². The van der Waals surface area contributed by atoms with Crippen LogP contribution in [0.3, 0.4) is 0 Å². The van der Waals surface area contributed by atoms with Crippen molar-refractivity contribution in [3.05, 3.63) is 69.9 Å². The summed E-state index contributed by atoms with van der Waals surface area (Å²) in [4.78, 5) is 26.8. The molecule has 9 heteroatoms. The Morgan fingerprint density at radius 3 is 2.71 bits per heavy atom. The lowest BCUT2D eigenvalue weighted by Crippen LogP contribution is -2.08. The van der Waals surface area contributed by atoms with Crippen molar-refractivity contribution in [1.29, 1.82) is 0 Å². The second kappa shape index (κ2) is 8.90. The lowest BCUT2D eigenvalue weighted by atomic mass is 10.1. The van der Waals surface area contributed by atoms with Gasteiger partial charge in [-0.3, -0.25) is 19.5 Å². The molecule has 0 unspecified atom stereocenters. The van der Waals surface area contributed by atoms with E-state index in [1.54, 1.807) is 37.4 Å². The molecule has 0 N–H and O–H groups in total. The number of hydrogen-bond donors (Lipinski definition) is 0. The highest BCUT2D eigenvalue weighted by Crippen LogP contribution is 2.32. The highest BCUT2D eigenvalue weighted by Gasteiger charge is 2.17. The molecule has 0 bridgehead atoms. The molecule has 1 aromatic heterocycles. The first-order valence-electron chi connectivity index (χ1n) is 8.36. The second-order valence-electron chi connectivity index (χ2n) is 5.64. The van der Waals surface area contributed by atoms with Gasteiger partial charge in [0.25, 0.3) is 5.69 Å². The number of aromatic nitrogens is 2. The maximum Gasteiger partial charge on any atom is 0.316 e. The van der Waals surface area contributed by atoms with E-state index >= 15 is 0 Å². The Hall–Kier alpha value is -2.84. The van der Waals surface area contributed by atoms with Gasteiger partial charge in [0.05, 0.1) is 29.2 Å². The molecule has 0 atom stereocenters. The van der Waals surface area contributed by atoms with Crippen molar-refractivity contribution in [2.24, 2.45) is 0 Å². The maximum absolute atomic E-state index is 11.7. The molecule has 0 amide bonds. The van der Waals surface area contributed by atoms with E-state index in [-0.39, 0.29) is 17.4 Å². The fourth-order valence-corrected chi connectivity index (χ4v) is 3.50. The van der Waals surface area contributed by atoms with E-state index in [1.807, 2.05) is 16.7 Å². The van der Waals surface area contributed by atoms with Crippen LogP contribution >= 0.6 is 23.4 Å². The third-order valence-electron chi connectivity index (χ3n) is 3.79. The van der Waals surface area contributed by atoms with E-state index in [1.165, 1.54) is 23.9 Å². The van der Waals surface area contributed by atoms with Crippen LogP contribution in [0.1, 0.15) is 6.92 Å². The van der Waals surface area contributed by atoms with Gasteiger partial charge in [-0.1, -0.05) is 35.5 Å². The first-order chi connectivity index (χ1) is 13.5. The van der Waals surface area contributed by atoms with Crippen LogP contribution in [0.2, 0.25) is 5.02 Å². The molecule has 1 heterocycles. The van der Waals surface area contributed by atoms with E-state index in [9.17, 15) is 14.9 Å². The average Bonchev–Trinajstić information content (AvgIpc) is 3.11. The topological polar surface area (TPSA) is 87.3 Å². The molecule has 2 aromatic carbocycles. The number of benzene rings is 2. The summed E-state index contributed by atoms with van der Waals surface area (Å²) in [7, 11) is 0. The van der Waals surface area contributed by atoms with Crippen molar-refractivity contribution < 1.29 is 14.5 Å². The fourth-order valence-electron chi connectivity index (χ4n) is 2.58. The average molecular weight is 418 g/mol. The van der Waals surface area contributed by atoms with Gasteiger partial charge in [0, 0.05) is 28.4 Å². The Balaban J connectivity index is 2.05. The van der Waals surface area contributed by atoms with Crippen LogP contribution in [0.15, 0.2) is 59.9 Å². The monoisotopic (exact) mass is 417 g/mol. The number of nitro groups is 1. The quantitative estimate of drug-likeness (QED) is 0.238. The van der Waals surface area contributed by atoms with Crippen molar-refractivity contribution in [2.75, 3.05) is 12.4 Å². The number of esters is 1. The summed E-state index contributed by atoms with van der Waals surface area (Å²) in [5.74, 6) is -0.234. The number of ether oxygens (including phenoxy) is 1. The third-order valence-corrected chi connectivity index (χ3v) is 4.97. The Morgan fingerprint density at radius 1 is 1.29 bits per heavy atom. The highest BCUT2D eigenvalue weighted by atomic mass is 35.5. The number of carbonyl (C=O) groups is 1. The molecule has 0 aliphatic rings. The molecule has 0 aliphatic carbocycles. The van der Waals surface area contributed by atoms with Gasteiger partial charge in [-0.2, -0.15) is 0 Å². The number of thioether (sulfide) groups is 1. The zero-order valence-corrected chi connectivity index (χ0v) is 16.4. The number of carbonyl (C=O) groups excluding carboxylic acids is 1. The van der Waals surface area contributed by atoms with E-state index in [0.717, 1.165) is 5.69 Å². The third kappa shape index (κ3) is 4.52. The summed E-state index contributed by atoms with van der Waals surface area (Å²) in [5, 5.41) is 12.3.